The van der Waals surface area contributed by atoms with E-state index >= 15 is 0 Å². The number of carbonyl (C=O) groups is 1. The Bertz CT molecular complexity index is 913. The van der Waals surface area contributed by atoms with Gasteiger partial charge in [-0.2, -0.15) is 9.29 Å². The third-order valence-corrected chi connectivity index (χ3v) is 5.97. The van der Waals surface area contributed by atoms with Crippen molar-refractivity contribution in [2.75, 3.05) is 25.6 Å². The molecule has 0 saturated heterocycles. The van der Waals surface area contributed by atoms with Gasteiger partial charge in [0.15, 0.2) is 0 Å². The molecule has 0 aliphatic rings. The first-order valence-electron chi connectivity index (χ1n) is 8.37. The molecule has 0 aliphatic carbocycles. The van der Waals surface area contributed by atoms with E-state index < -0.39 is 15.9 Å². The lowest BCUT2D eigenvalue weighted by molar-refractivity contribution is 0.0961. The summed E-state index contributed by atoms with van der Waals surface area (Å²) >= 11 is 0. The van der Waals surface area contributed by atoms with Crippen molar-refractivity contribution >= 4 is 21.9 Å². The lowest BCUT2D eigenvalue weighted by Gasteiger charge is -2.19. The van der Waals surface area contributed by atoms with Crippen molar-refractivity contribution in [2.45, 2.75) is 25.7 Å². The quantitative estimate of drug-likeness (QED) is 0.655. The van der Waals surface area contributed by atoms with Gasteiger partial charge >= 0.3 is 0 Å². The van der Waals surface area contributed by atoms with Gasteiger partial charge in [-0.25, -0.2) is 13.4 Å². The van der Waals surface area contributed by atoms with Gasteiger partial charge in [0.2, 0.25) is 21.9 Å². The molecular formula is C17H23N5O4S. The first-order valence-corrected chi connectivity index (χ1v) is 9.81. The van der Waals surface area contributed by atoms with Crippen LogP contribution in [0.3, 0.4) is 0 Å². The van der Waals surface area contributed by atoms with Gasteiger partial charge in [-0.15, -0.1) is 0 Å². The van der Waals surface area contributed by atoms with Gasteiger partial charge in [0.1, 0.15) is 0 Å². The first kappa shape index (κ1) is 20.6. The highest BCUT2D eigenvalue weighted by atomic mass is 32.2. The molecule has 146 valence electrons. The zero-order valence-corrected chi connectivity index (χ0v) is 16.5. The molecule has 1 aromatic heterocycles. The minimum Gasteiger partial charge on any atom is -0.481 e. The van der Waals surface area contributed by atoms with Gasteiger partial charge in [0, 0.05) is 30.9 Å². The van der Waals surface area contributed by atoms with E-state index in [-0.39, 0.29) is 16.4 Å². The van der Waals surface area contributed by atoms with Crippen LogP contribution in [0.4, 0.5) is 5.95 Å². The number of anilines is 1. The summed E-state index contributed by atoms with van der Waals surface area (Å²) in [5, 5.41) is 0. The van der Waals surface area contributed by atoms with E-state index in [1.807, 2.05) is 0 Å². The van der Waals surface area contributed by atoms with Crippen molar-refractivity contribution in [3.05, 3.63) is 41.6 Å². The summed E-state index contributed by atoms with van der Waals surface area (Å²) in [7, 11) is -2.19. The summed E-state index contributed by atoms with van der Waals surface area (Å²) in [5.74, 6) is -0.0203. The summed E-state index contributed by atoms with van der Waals surface area (Å²) in [6, 6.07) is 6.04. The maximum absolute atomic E-state index is 12.7. The summed E-state index contributed by atoms with van der Waals surface area (Å²) < 4.78 is 31.7. The van der Waals surface area contributed by atoms with Gasteiger partial charge in [0.25, 0.3) is 5.91 Å². The predicted octanol–water partition coefficient (Wildman–Crippen LogP) is 1.58. The molecule has 9 nitrogen and oxygen atoms in total. The largest absolute Gasteiger partial charge is 0.481 e. The molecule has 0 bridgehead atoms. The van der Waals surface area contributed by atoms with Crippen LogP contribution in [0.5, 0.6) is 5.88 Å². The summed E-state index contributed by atoms with van der Waals surface area (Å²) in [6.07, 6.45) is 1.48. The molecule has 0 fully saturated rings. The molecule has 0 radical (unpaired) electrons. The van der Waals surface area contributed by atoms with Crippen molar-refractivity contribution < 1.29 is 17.9 Å². The van der Waals surface area contributed by atoms with E-state index in [9.17, 15) is 13.2 Å². The zero-order chi connectivity index (χ0) is 20.0. The van der Waals surface area contributed by atoms with E-state index in [2.05, 4.69) is 20.8 Å². The summed E-state index contributed by atoms with van der Waals surface area (Å²) in [6.45, 7) is 5.96. The number of hydrogen-bond donors (Lipinski definition) is 2. The number of rotatable bonds is 8. The number of hydrazine groups is 1. The van der Waals surface area contributed by atoms with Crippen LogP contribution in [-0.4, -0.2) is 48.8 Å². The molecule has 2 N–H and O–H groups in total. The maximum atomic E-state index is 12.7. The van der Waals surface area contributed by atoms with Crippen LogP contribution in [0.2, 0.25) is 0 Å². The number of methoxy groups -OCH3 is 1. The van der Waals surface area contributed by atoms with E-state index in [1.165, 1.54) is 29.7 Å². The molecule has 0 unspecified atom stereocenters. The third-order valence-electron chi connectivity index (χ3n) is 3.92. The van der Waals surface area contributed by atoms with E-state index in [1.54, 1.807) is 32.9 Å². The van der Waals surface area contributed by atoms with E-state index in [4.69, 9.17) is 4.74 Å². The number of ether oxygens (including phenoxy) is 1. The van der Waals surface area contributed by atoms with Crippen molar-refractivity contribution in [1.82, 2.24) is 19.7 Å². The fourth-order valence-corrected chi connectivity index (χ4v) is 3.90. The molecule has 0 spiro atoms. The van der Waals surface area contributed by atoms with Gasteiger partial charge in [-0.3, -0.25) is 15.6 Å². The Morgan fingerprint density at radius 3 is 2.56 bits per heavy atom. The van der Waals surface area contributed by atoms with Gasteiger partial charge < -0.3 is 4.74 Å². The monoisotopic (exact) mass is 393 g/mol. The highest BCUT2D eigenvalue weighted by Crippen LogP contribution is 2.19. The Morgan fingerprint density at radius 1 is 1.22 bits per heavy atom. The fraction of sp³-hybridized carbons (Fsp3) is 0.353. The number of nitrogens with one attached hydrogen (secondary N) is 2. The van der Waals surface area contributed by atoms with E-state index in [0.717, 1.165) is 0 Å². The molecule has 1 amide bonds. The number of hydrogen-bond acceptors (Lipinski definition) is 7. The molecular weight excluding hydrogens is 370 g/mol. The Morgan fingerprint density at radius 2 is 1.93 bits per heavy atom. The number of amides is 1. The van der Waals surface area contributed by atoms with Gasteiger partial charge in [0.05, 0.1) is 12.0 Å². The molecule has 1 aromatic carbocycles. The smallest absolute Gasteiger partial charge is 0.270 e. The summed E-state index contributed by atoms with van der Waals surface area (Å²) in [4.78, 5) is 20.6. The average Bonchev–Trinajstić information content (AvgIpc) is 2.67. The molecule has 0 saturated carbocycles. The Labute approximate surface area is 158 Å². The van der Waals surface area contributed by atoms with Crippen LogP contribution < -0.4 is 15.6 Å². The lowest BCUT2D eigenvalue weighted by Crippen LogP contribution is -2.32. The average molecular weight is 393 g/mol. The minimum absolute atomic E-state index is 0.0691. The van der Waals surface area contributed by atoms with E-state index in [0.29, 0.717) is 24.5 Å². The lowest BCUT2D eigenvalue weighted by atomic mass is 10.1. The van der Waals surface area contributed by atoms with Crippen LogP contribution >= 0.6 is 0 Å². The number of aromatic nitrogens is 2. The van der Waals surface area contributed by atoms with Crippen LogP contribution in [-0.2, 0) is 10.0 Å². The molecule has 2 rings (SSSR count). The first-order chi connectivity index (χ1) is 12.8. The van der Waals surface area contributed by atoms with Gasteiger partial charge in [-0.05, 0) is 24.6 Å². The Kier molecular flexibility index (Phi) is 6.70. The second-order valence-electron chi connectivity index (χ2n) is 5.57. The topological polar surface area (TPSA) is 114 Å². The number of carbonyl (C=O) groups excluding carboxylic acids is 1. The van der Waals surface area contributed by atoms with Crippen LogP contribution in [0.1, 0.15) is 29.8 Å². The number of sulfonamides is 1. The maximum Gasteiger partial charge on any atom is 0.270 e. The van der Waals surface area contributed by atoms with Crippen molar-refractivity contribution in [3.8, 4) is 5.88 Å². The fourth-order valence-electron chi connectivity index (χ4n) is 2.41. The predicted molar refractivity (Wildman–Crippen MR) is 101 cm³/mol. The SMILES string of the molecule is CCN(CC)S(=O)(=O)c1ccc(C)c(C(=O)NNc2nccc(OC)n2)c1. The molecule has 0 atom stereocenters. The Hall–Kier alpha value is -2.72. The van der Waals surface area contributed by atoms with Gasteiger partial charge in [-0.1, -0.05) is 19.9 Å². The normalized spacial score (nSPS) is 11.3. The van der Waals surface area contributed by atoms with Crippen LogP contribution in [0, 0.1) is 6.92 Å². The standard InChI is InChI=1S/C17H23N5O4S/c1-5-22(6-2)27(24,25)13-8-7-12(3)14(11-13)16(23)20-21-17-18-10-9-15(19-17)26-4/h7-11H,5-6H2,1-4H3,(H,20,23)(H,18,19,21). The molecule has 1 heterocycles. The van der Waals surface area contributed by atoms with Crippen molar-refractivity contribution in [3.63, 3.8) is 0 Å². The number of benzene rings is 1. The highest BCUT2D eigenvalue weighted by Gasteiger charge is 2.23. The number of nitrogens with zero attached hydrogens (tertiary/aromatic N) is 3. The van der Waals surface area contributed by atoms with Crippen molar-refractivity contribution in [2.24, 2.45) is 0 Å². The van der Waals surface area contributed by atoms with Crippen LogP contribution in [0.15, 0.2) is 35.4 Å². The third kappa shape index (κ3) is 4.72. The minimum atomic E-state index is -3.66. The van der Waals surface area contributed by atoms with Crippen molar-refractivity contribution in [1.29, 1.82) is 0 Å². The molecule has 10 heteroatoms. The van der Waals surface area contributed by atoms with Crippen LogP contribution in [0.25, 0.3) is 0 Å². The second-order valence-corrected chi connectivity index (χ2v) is 7.51. The molecule has 0 aliphatic heterocycles. The Balaban J connectivity index is 2.23. The zero-order valence-electron chi connectivity index (χ0n) is 15.7. The second kappa shape index (κ2) is 8.78. The summed E-state index contributed by atoms with van der Waals surface area (Å²) in [5.41, 5.74) is 5.92. The number of aryl methyl sites for hydroxylation is 1. The molecule has 27 heavy (non-hydrogen) atoms. The highest BCUT2D eigenvalue weighted by molar-refractivity contribution is 7.89. The molecule has 2 aromatic rings.